The molecule has 2 heterocycles. The van der Waals surface area contributed by atoms with Crippen LogP contribution in [0.1, 0.15) is 28.6 Å². The molecule has 4 heteroatoms. The highest BCUT2D eigenvalue weighted by Crippen LogP contribution is 2.33. The van der Waals surface area contributed by atoms with Gasteiger partial charge in [-0.1, -0.05) is 42.5 Å². The van der Waals surface area contributed by atoms with Crippen molar-refractivity contribution in [1.29, 1.82) is 0 Å². The predicted molar refractivity (Wildman–Crippen MR) is 73.7 cm³/mol. The van der Waals surface area contributed by atoms with Gasteiger partial charge in [0.1, 0.15) is 0 Å². The van der Waals surface area contributed by atoms with Gasteiger partial charge in [-0.3, -0.25) is 0 Å². The first-order valence-electron chi connectivity index (χ1n) is 6.23. The average molecular weight is 260 g/mol. The summed E-state index contributed by atoms with van der Waals surface area (Å²) in [5.41, 5.74) is 3.81. The quantitative estimate of drug-likeness (QED) is 0.922. The van der Waals surface area contributed by atoms with E-state index in [1.165, 1.54) is 11.1 Å². The van der Waals surface area contributed by atoms with Crippen LogP contribution in [0.3, 0.4) is 0 Å². The van der Waals surface area contributed by atoms with Crippen molar-refractivity contribution in [1.82, 2.24) is 4.98 Å². The molecule has 0 fully saturated rings. The van der Waals surface area contributed by atoms with Crippen LogP contribution in [0.2, 0.25) is 0 Å². The van der Waals surface area contributed by atoms with E-state index in [2.05, 4.69) is 41.1 Å². The minimum absolute atomic E-state index is 0.0988. The number of aromatic nitrogens is 1. The highest BCUT2D eigenvalue weighted by atomic mass is 32.1. The van der Waals surface area contributed by atoms with Gasteiger partial charge in [0.05, 0.1) is 17.2 Å². The van der Waals surface area contributed by atoms with Gasteiger partial charge in [-0.2, -0.15) is 0 Å². The minimum Gasteiger partial charge on any atom is -0.391 e. The van der Waals surface area contributed by atoms with Crippen molar-refractivity contribution in [2.45, 2.75) is 33.0 Å². The Balaban J connectivity index is 1.88. The van der Waals surface area contributed by atoms with Gasteiger partial charge in [-0.15, -0.1) is 0 Å². The Morgan fingerprint density at radius 2 is 1.94 bits per heavy atom. The molecule has 0 spiro atoms. The molecule has 0 amide bonds. The average Bonchev–Trinajstić information content (AvgIpc) is 3.01. The first-order valence-corrected chi connectivity index (χ1v) is 7.04. The molecule has 3 rings (SSSR count). The van der Waals surface area contributed by atoms with Crippen LogP contribution in [0.4, 0.5) is 5.13 Å². The first kappa shape index (κ1) is 11.7. The minimum atomic E-state index is 0.0988. The smallest absolute Gasteiger partial charge is 0.186 e. The molecular weight excluding hydrogens is 244 g/mol. The molecule has 2 aromatic rings. The van der Waals surface area contributed by atoms with Crippen LogP contribution < -0.4 is 4.90 Å². The second kappa shape index (κ2) is 4.71. The Morgan fingerprint density at radius 3 is 2.44 bits per heavy atom. The first-order chi connectivity index (χ1) is 8.81. The number of rotatable bonds is 3. The summed E-state index contributed by atoms with van der Waals surface area (Å²) < 4.78 is 0. The molecule has 3 nitrogen and oxygen atoms in total. The highest BCUT2D eigenvalue weighted by molar-refractivity contribution is 7.15. The summed E-state index contributed by atoms with van der Waals surface area (Å²) >= 11 is 1.62. The summed E-state index contributed by atoms with van der Waals surface area (Å²) in [6.45, 7) is 4.04. The van der Waals surface area contributed by atoms with Crippen molar-refractivity contribution < 1.29 is 5.11 Å². The molecule has 18 heavy (non-hydrogen) atoms. The fourth-order valence-electron chi connectivity index (χ4n) is 2.37. The van der Waals surface area contributed by atoms with Gasteiger partial charge in [0.25, 0.3) is 0 Å². The highest BCUT2D eigenvalue weighted by Gasteiger charge is 2.22. The monoisotopic (exact) mass is 260 g/mol. The van der Waals surface area contributed by atoms with Crippen LogP contribution in [0.5, 0.6) is 0 Å². The van der Waals surface area contributed by atoms with Gasteiger partial charge >= 0.3 is 0 Å². The van der Waals surface area contributed by atoms with E-state index in [0.29, 0.717) is 0 Å². The van der Waals surface area contributed by atoms with Gasteiger partial charge in [0.2, 0.25) is 0 Å². The zero-order chi connectivity index (χ0) is 12.5. The second-order valence-electron chi connectivity index (χ2n) is 4.50. The maximum atomic E-state index is 9.33. The molecule has 0 saturated heterocycles. The van der Waals surface area contributed by atoms with E-state index >= 15 is 0 Å². The van der Waals surface area contributed by atoms with E-state index in [1.807, 2.05) is 0 Å². The Hall–Kier alpha value is -1.39. The van der Waals surface area contributed by atoms with Gasteiger partial charge in [0, 0.05) is 13.1 Å². The Labute approximate surface area is 111 Å². The van der Waals surface area contributed by atoms with Crippen LogP contribution in [0, 0.1) is 0 Å². The molecule has 1 aromatic carbocycles. The Bertz CT molecular complexity index is 518. The molecule has 1 aliphatic rings. The van der Waals surface area contributed by atoms with Crippen molar-refractivity contribution in [2.75, 3.05) is 4.90 Å². The SMILES string of the molecule is CCc1nc(N2Cc3ccccc3C2)sc1CO. The van der Waals surface area contributed by atoms with Gasteiger partial charge in [0.15, 0.2) is 5.13 Å². The molecule has 1 aliphatic heterocycles. The van der Waals surface area contributed by atoms with Gasteiger partial charge < -0.3 is 10.0 Å². The molecule has 0 radical (unpaired) electrons. The third kappa shape index (κ3) is 1.91. The number of anilines is 1. The van der Waals surface area contributed by atoms with Crippen LogP contribution >= 0.6 is 11.3 Å². The van der Waals surface area contributed by atoms with Crippen molar-refractivity contribution in [3.8, 4) is 0 Å². The van der Waals surface area contributed by atoms with Crippen LogP contribution in [-0.2, 0) is 26.1 Å². The number of aliphatic hydroxyl groups excluding tert-OH is 1. The predicted octanol–water partition coefficient (Wildman–Crippen LogP) is 2.72. The van der Waals surface area contributed by atoms with Crippen molar-refractivity contribution >= 4 is 16.5 Å². The topological polar surface area (TPSA) is 36.4 Å². The fraction of sp³-hybridized carbons (Fsp3) is 0.357. The molecule has 0 atom stereocenters. The van der Waals surface area contributed by atoms with Crippen molar-refractivity contribution in [2.24, 2.45) is 0 Å². The molecule has 1 N–H and O–H groups in total. The number of nitrogens with zero attached hydrogens (tertiary/aromatic N) is 2. The van der Waals surface area contributed by atoms with E-state index in [-0.39, 0.29) is 6.61 Å². The maximum absolute atomic E-state index is 9.33. The lowest BCUT2D eigenvalue weighted by Gasteiger charge is -2.12. The van der Waals surface area contributed by atoms with E-state index < -0.39 is 0 Å². The van der Waals surface area contributed by atoms with Gasteiger partial charge in [-0.05, 0) is 17.5 Å². The maximum Gasteiger partial charge on any atom is 0.186 e. The van der Waals surface area contributed by atoms with Crippen LogP contribution in [-0.4, -0.2) is 10.1 Å². The van der Waals surface area contributed by atoms with E-state index in [4.69, 9.17) is 0 Å². The normalized spacial score (nSPS) is 14.0. The zero-order valence-electron chi connectivity index (χ0n) is 10.4. The third-order valence-corrected chi connectivity index (χ3v) is 4.50. The van der Waals surface area contributed by atoms with Crippen LogP contribution in [0.15, 0.2) is 24.3 Å². The molecule has 1 aromatic heterocycles. The lowest BCUT2D eigenvalue weighted by atomic mass is 10.1. The number of aliphatic hydroxyl groups is 1. The third-order valence-electron chi connectivity index (χ3n) is 3.36. The summed E-state index contributed by atoms with van der Waals surface area (Å²) in [4.78, 5) is 7.94. The summed E-state index contributed by atoms with van der Waals surface area (Å²) in [7, 11) is 0. The van der Waals surface area contributed by atoms with Crippen molar-refractivity contribution in [3.63, 3.8) is 0 Å². The lowest BCUT2D eigenvalue weighted by Crippen LogP contribution is -2.14. The number of benzene rings is 1. The number of hydrogen-bond acceptors (Lipinski definition) is 4. The number of fused-ring (bicyclic) bond motifs is 1. The molecule has 0 bridgehead atoms. The summed E-state index contributed by atoms with van der Waals surface area (Å²) in [5, 5.41) is 10.4. The molecule has 0 unspecified atom stereocenters. The number of hydrogen-bond donors (Lipinski definition) is 1. The number of thiazole rings is 1. The lowest BCUT2D eigenvalue weighted by molar-refractivity contribution is 0.284. The number of aryl methyl sites for hydroxylation is 1. The summed E-state index contributed by atoms with van der Waals surface area (Å²) in [6.07, 6.45) is 0.882. The van der Waals surface area contributed by atoms with Crippen LogP contribution in [0.25, 0.3) is 0 Å². The van der Waals surface area contributed by atoms with Crippen molar-refractivity contribution in [3.05, 3.63) is 46.0 Å². The Kier molecular flexibility index (Phi) is 3.06. The molecule has 94 valence electrons. The Morgan fingerprint density at radius 1 is 1.28 bits per heavy atom. The largest absolute Gasteiger partial charge is 0.391 e. The van der Waals surface area contributed by atoms with E-state index in [1.54, 1.807) is 11.3 Å². The zero-order valence-corrected chi connectivity index (χ0v) is 11.2. The van der Waals surface area contributed by atoms with Gasteiger partial charge in [-0.25, -0.2) is 4.98 Å². The van der Waals surface area contributed by atoms with E-state index in [0.717, 1.165) is 35.2 Å². The molecule has 0 saturated carbocycles. The molecule has 0 aliphatic carbocycles. The summed E-state index contributed by atoms with van der Waals surface area (Å²) in [6, 6.07) is 8.52. The summed E-state index contributed by atoms with van der Waals surface area (Å²) in [5.74, 6) is 0. The standard InChI is InChI=1S/C14H16N2OS/c1-2-12-13(9-17)18-14(15-12)16-7-10-5-3-4-6-11(10)8-16/h3-6,17H,2,7-9H2,1H3. The molecular formula is C14H16N2OS. The fourth-order valence-corrected chi connectivity index (χ4v) is 3.38. The van der Waals surface area contributed by atoms with E-state index in [9.17, 15) is 5.11 Å². The second-order valence-corrected chi connectivity index (χ2v) is 5.56.